The van der Waals surface area contributed by atoms with Crippen LogP contribution in [0.2, 0.25) is 0 Å². The number of amides is 2. The Labute approximate surface area is 154 Å². The molecule has 0 saturated heterocycles. The quantitative estimate of drug-likeness (QED) is 0.774. The van der Waals surface area contributed by atoms with E-state index in [0.29, 0.717) is 11.4 Å². The summed E-state index contributed by atoms with van der Waals surface area (Å²) in [5.74, 6) is -0.411. The summed E-state index contributed by atoms with van der Waals surface area (Å²) < 4.78 is 5.72. The number of carbonyl (C=O) groups excluding carboxylic acids is 2. The Morgan fingerprint density at radius 1 is 0.923 bits per heavy atom. The normalized spacial score (nSPS) is 10.7. The topological polar surface area (TPSA) is 67.4 Å². The molecule has 0 aliphatic heterocycles. The fourth-order valence-corrected chi connectivity index (χ4v) is 2.57. The maximum absolute atomic E-state index is 12.2. The number of anilines is 1. The zero-order valence-electron chi connectivity index (χ0n) is 15.7. The molecule has 2 aromatic rings. The van der Waals surface area contributed by atoms with Gasteiger partial charge in [0.25, 0.3) is 0 Å². The molecule has 5 heteroatoms. The average Bonchev–Trinajstić information content (AvgIpc) is 2.60. The number of benzene rings is 2. The molecule has 2 amide bonds. The number of ether oxygens (including phenoxy) is 1. The van der Waals surface area contributed by atoms with E-state index >= 15 is 0 Å². The van der Waals surface area contributed by atoms with Crippen molar-refractivity contribution in [2.24, 2.45) is 0 Å². The summed E-state index contributed by atoms with van der Waals surface area (Å²) in [5.41, 5.74) is 2.47. The summed E-state index contributed by atoms with van der Waals surface area (Å²) in [4.78, 5) is 24.4. The summed E-state index contributed by atoms with van der Waals surface area (Å²) in [6.45, 7) is 8.18. The molecule has 26 heavy (non-hydrogen) atoms. The predicted molar refractivity (Wildman–Crippen MR) is 103 cm³/mol. The molecule has 138 valence electrons. The second-order valence-corrected chi connectivity index (χ2v) is 6.65. The van der Waals surface area contributed by atoms with Crippen LogP contribution in [-0.2, 0) is 16.1 Å². The van der Waals surface area contributed by atoms with Gasteiger partial charge in [0.1, 0.15) is 5.75 Å². The van der Waals surface area contributed by atoms with E-state index < -0.39 is 11.8 Å². The van der Waals surface area contributed by atoms with Crippen LogP contribution >= 0.6 is 0 Å². The van der Waals surface area contributed by atoms with Crippen LogP contribution in [0.1, 0.15) is 44.7 Å². The van der Waals surface area contributed by atoms with Gasteiger partial charge in [-0.3, -0.25) is 9.59 Å². The lowest BCUT2D eigenvalue weighted by Gasteiger charge is -2.15. The first-order valence-corrected chi connectivity index (χ1v) is 8.81. The van der Waals surface area contributed by atoms with E-state index in [1.165, 1.54) is 0 Å². The Balaban J connectivity index is 2.00. The minimum atomic E-state index is -0.680. The number of rotatable bonds is 6. The highest BCUT2D eigenvalue weighted by Crippen LogP contribution is 2.23. The minimum Gasteiger partial charge on any atom is -0.491 e. The summed E-state index contributed by atoms with van der Waals surface area (Å²) >= 11 is 0. The van der Waals surface area contributed by atoms with Gasteiger partial charge < -0.3 is 15.4 Å². The van der Waals surface area contributed by atoms with E-state index in [2.05, 4.69) is 10.6 Å². The van der Waals surface area contributed by atoms with E-state index in [-0.39, 0.29) is 18.6 Å². The van der Waals surface area contributed by atoms with E-state index in [0.717, 1.165) is 11.1 Å². The molecule has 0 fully saturated rings. The van der Waals surface area contributed by atoms with E-state index in [1.54, 1.807) is 6.07 Å². The van der Waals surface area contributed by atoms with E-state index in [4.69, 9.17) is 4.74 Å². The van der Waals surface area contributed by atoms with Gasteiger partial charge in [0, 0.05) is 17.8 Å². The van der Waals surface area contributed by atoms with E-state index in [1.807, 2.05) is 70.2 Å². The molecule has 0 saturated carbocycles. The molecule has 0 unspecified atom stereocenters. The van der Waals surface area contributed by atoms with Gasteiger partial charge in [-0.25, -0.2) is 0 Å². The molecular formula is C21H26N2O3. The second kappa shape index (κ2) is 9.04. The highest BCUT2D eigenvalue weighted by atomic mass is 16.5. The lowest BCUT2D eigenvalue weighted by molar-refractivity contribution is -0.136. The molecule has 0 atom stereocenters. The molecule has 0 bridgehead atoms. The van der Waals surface area contributed by atoms with Crippen LogP contribution < -0.4 is 15.4 Å². The Kier molecular flexibility index (Phi) is 6.78. The average molecular weight is 354 g/mol. The maximum Gasteiger partial charge on any atom is 0.313 e. The number of carbonyl (C=O) groups is 2. The van der Waals surface area contributed by atoms with Crippen molar-refractivity contribution in [1.82, 2.24) is 5.32 Å². The van der Waals surface area contributed by atoms with Crippen LogP contribution in [0.5, 0.6) is 5.75 Å². The minimum absolute atomic E-state index is 0.0303. The smallest absolute Gasteiger partial charge is 0.313 e. The third kappa shape index (κ3) is 5.34. The van der Waals surface area contributed by atoms with Crippen molar-refractivity contribution < 1.29 is 14.3 Å². The van der Waals surface area contributed by atoms with Gasteiger partial charge in [-0.15, -0.1) is 0 Å². The maximum atomic E-state index is 12.2. The van der Waals surface area contributed by atoms with Gasteiger partial charge in [-0.2, -0.15) is 0 Å². The van der Waals surface area contributed by atoms with Crippen molar-refractivity contribution >= 4 is 17.5 Å². The molecular weight excluding hydrogens is 328 g/mol. The van der Waals surface area contributed by atoms with Crippen molar-refractivity contribution in [2.75, 3.05) is 5.32 Å². The zero-order chi connectivity index (χ0) is 19.1. The molecule has 0 aliphatic rings. The van der Waals surface area contributed by atoms with Crippen molar-refractivity contribution in [3.63, 3.8) is 0 Å². The van der Waals surface area contributed by atoms with Crippen LogP contribution in [-0.4, -0.2) is 17.9 Å². The summed E-state index contributed by atoms with van der Waals surface area (Å²) in [5, 5.41) is 5.34. The zero-order valence-corrected chi connectivity index (χ0v) is 15.7. The van der Waals surface area contributed by atoms with Gasteiger partial charge in [0.2, 0.25) is 0 Å². The Morgan fingerprint density at radius 3 is 2.27 bits per heavy atom. The lowest BCUT2D eigenvalue weighted by atomic mass is 10.0. The van der Waals surface area contributed by atoms with Gasteiger partial charge in [-0.1, -0.05) is 50.2 Å². The fraction of sp³-hybridized carbons (Fsp3) is 0.333. The molecule has 0 spiro atoms. The summed E-state index contributed by atoms with van der Waals surface area (Å²) in [6.07, 6.45) is 0.0303. The molecule has 2 N–H and O–H groups in total. The molecule has 0 aliphatic carbocycles. The number of hydrogen-bond donors (Lipinski definition) is 2. The van der Waals surface area contributed by atoms with Gasteiger partial charge in [-0.05, 0) is 37.5 Å². The van der Waals surface area contributed by atoms with Crippen LogP contribution in [0, 0.1) is 0 Å². The van der Waals surface area contributed by atoms with Crippen molar-refractivity contribution in [3.05, 3.63) is 59.7 Å². The summed E-state index contributed by atoms with van der Waals surface area (Å²) in [7, 11) is 0. The van der Waals surface area contributed by atoms with E-state index in [9.17, 15) is 9.59 Å². The third-order valence-corrected chi connectivity index (χ3v) is 3.81. The first-order valence-electron chi connectivity index (χ1n) is 8.81. The number of hydrogen-bond acceptors (Lipinski definition) is 3. The van der Waals surface area contributed by atoms with Crippen molar-refractivity contribution in [1.29, 1.82) is 0 Å². The standard InChI is InChI=1S/C21H26N2O3/c1-14(2)17-10-6-7-11-18(17)23-21(25)20(24)22-13-16-9-5-8-12-19(16)26-15(3)4/h5-12,14-15H,13H2,1-4H3,(H,22,24)(H,23,25). The SMILES string of the molecule is CC(C)Oc1ccccc1CNC(=O)C(=O)Nc1ccccc1C(C)C. The van der Waals surface area contributed by atoms with Crippen molar-refractivity contribution in [2.45, 2.75) is 46.3 Å². The Morgan fingerprint density at radius 2 is 1.58 bits per heavy atom. The van der Waals surface area contributed by atoms with Crippen LogP contribution in [0.15, 0.2) is 48.5 Å². The fourth-order valence-electron chi connectivity index (χ4n) is 2.57. The molecule has 2 aromatic carbocycles. The third-order valence-electron chi connectivity index (χ3n) is 3.81. The predicted octanol–water partition coefficient (Wildman–Crippen LogP) is 3.85. The summed E-state index contributed by atoms with van der Waals surface area (Å²) in [6, 6.07) is 14.9. The monoisotopic (exact) mass is 354 g/mol. The van der Waals surface area contributed by atoms with Crippen LogP contribution in [0.25, 0.3) is 0 Å². The van der Waals surface area contributed by atoms with Gasteiger partial charge >= 0.3 is 11.8 Å². The lowest BCUT2D eigenvalue weighted by Crippen LogP contribution is -2.35. The van der Waals surface area contributed by atoms with Crippen LogP contribution in [0.3, 0.4) is 0 Å². The second-order valence-electron chi connectivity index (χ2n) is 6.65. The number of para-hydroxylation sites is 2. The first kappa shape index (κ1) is 19.5. The molecule has 0 radical (unpaired) electrons. The van der Waals surface area contributed by atoms with Crippen LogP contribution in [0.4, 0.5) is 5.69 Å². The molecule has 0 aromatic heterocycles. The first-order chi connectivity index (χ1) is 12.4. The highest BCUT2D eigenvalue weighted by molar-refractivity contribution is 6.39. The van der Waals surface area contributed by atoms with Gasteiger partial charge in [0.15, 0.2) is 0 Å². The Hall–Kier alpha value is -2.82. The molecule has 5 nitrogen and oxygen atoms in total. The van der Waals surface area contributed by atoms with Gasteiger partial charge in [0.05, 0.1) is 6.10 Å². The van der Waals surface area contributed by atoms with Crippen molar-refractivity contribution in [3.8, 4) is 5.75 Å². The Bertz CT molecular complexity index is 769. The highest BCUT2D eigenvalue weighted by Gasteiger charge is 2.16. The molecule has 2 rings (SSSR count). The molecule has 0 heterocycles. The number of nitrogens with one attached hydrogen (secondary N) is 2. The largest absolute Gasteiger partial charge is 0.491 e.